The lowest BCUT2D eigenvalue weighted by Gasteiger charge is -2.27. The zero-order valence-corrected chi connectivity index (χ0v) is 15.4. The summed E-state index contributed by atoms with van der Waals surface area (Å²) in [6.45, 7) is 2.95. The molecule has 0 saturated carbocycles. The van der Waals surface area contributed by atoms with Crippen molar-refractivity contribution in [2.24, 2.45) is 0 Å². The Kier molecular flexibility index (Phi) is 3.75. The largest absolute Gasteiger partial charge is 0.345 e. The number of carbonyl (C=O) groups excluding carboxylic acids is 1. The normalized spacial score (nSPS) is 20.7. The molecule has 0 unspecified atom stereocenters. The van der Waals surface area contributed by atoms with Gasteiger partial charge in [0.25, 0.3) is 5.91 Å². The first-order chi connectivity index (χ1) is 13.2. The third-order valence-corrected chi connectivity index (χ3v) is 5.74. The van der Waals surface area contributed by atoms with Crippen LogP contribution in [0.3, 0.4) is 0 Å². The second-order valence-corrected chi connectivity index (χ2v) is 7.50. The molecule has 134 valence electrons. The number of aryl methyl sites for hydroxylation is 1. The lowest BCUT2D eigenvalue weighted by atomic mass is 10.0. The van der Waals surface area contributed by atoms with Crippen molar-refractivity contribution in [3.05, 3.63) is 101 Å². The maximum atomic E-state index is 13.2. The van der Waals surface area contributed by atoms with E-state index in [-0.39, 0.29) is 18.1 Å². The second kappa shape index (κ2) is 6.27. The number of anilines is 1. The minimum absolute atomic E-state index is 0.00915. The summed E-state index contributed by atoms with van der Waals surface area (Å²) in [4.78, 5) is 17.7. The smallest absolute Gasteiger partial charge is 0.256 e. The van der Waals surface area contributed by atoms with Crippen LogP contribution in [0.4, 0.5) is 5.69 Å². The van der Waals surface area contributed by atoms with Crippen molar-refractivity contribution in [2.45, 2.75) is 25.6 Å². The first-order valence-electron chi connectivity index (χ1n) is 9.51. The Balaban J connectivity index is 1.56. The van der Waals surface area contributed by atoms with Gasteiger partial charge in [-0.1, -0.05) is 66.2 Å². The third-order valence-electron chi connectivity index (χ3n) is 5.74. The monoisotopic (exact) mass is 354 g/mol. The van der Waals surface area contributed by atoms with Crippen molar-refractivity contribution in [1.82, 2.24) is 4.90 Å². The highest BCUT2D eigenvalue weighted by Gasteiger charge is 2.49. The minimum Gasteiger partial charge on any atom is -0.345 e. The maximum absolute atomic E-state index is 13.2. The van der Waals surface area contributed by atoms with Crippen LogP contribution in [0, 0.1) is 6.92 Å². The van der Waals surface area contributed by atoms with Crippen LogP contribution in [0.25, 0.3) is 0 Å². The number of benzene rings is 3. The molecule has 0 N–H and O–H groups in total. The highest BCUT2D eigenvalue weighted by molar-refractivity contribution is 6.00. The Labute approximate surface area is 159 Å². The van der Waals surface area contributed by atoms with Gasteiger partial charge in [0.2, 0.25) is 0 Å². The Morgan fingerprint density at radius 3 is 2.37 bits per heavy atom. The molecule has 0 radical (unpaired) electrons. The van der Waals surface area contributed by atoms with Crippen LogP contribution in [0.2, 0.25) is 0 Å². The topological polar surface area (TPSA) is 23.6 Å². The van der Waals surface area contributed by atoms with Crippen LogP contribution in [-0.2, 0) is 6.42 Å². The van der Waals surface area contributed by atoms with Crippen molar-refractivity contribution in [2.75, 3.05) is 11.4 Å². The van der Waals surface area contributed by atoms with Crippen molar-refractivity contribution in [1.29, 1.82) is 0 Å². The molecule has 0 spiro atoms. The Bertz CT molecular complexity index is 981. The number of amides is 1. The molecule has 0 bridgehead atoms. The molecule has 1 fully saturated rings. The lowest BCUT2D eigenvalue weighted by Crippen LogP contribution is -2.35. The molecule has 2 aliphatic rings. The molecular weight excluding hydrogens is 332 g/mol. The predicted molar refractivity (Wildman–Crippen MR) is 108 cm³/mol. The van der Waals surface area contributed by atoms with E-state index >= 15 is 0 Å². The van der Waals surface area contributed by atoms with E-state index in [1.807, 2.05) is 24.3 Å². The summed E-state index contributed by atoms with van der Waals surface area (Å²) >= 11 is 0. The molecule has 0 aliphatic carbocycles. The summed E-state index contributed by atoms with van der Waals surface area (Å²) < 4.78 is 0. The third kappa shape index (κ3) is 2.62. The Hall–Kier alpha value is -3.07. The van der Waals surface area contributed by atoms with Crippen LogP contribution in [-0.4, -0.2) is 23.4 Å². The number of carbonyl (C=O) groups is 1. The molecule has 3 aromatic rings. The van der Waals surface area contributed by atoms with Gasteiger partial charge in [-0.25, -0.2) is 0 Å². The maximum Gasteiger partial charge on any atom is 0.256 e. The van der Waals surface area contributed by atoms with Crippen molar-refractivity contribution in [3.8, 4) is 0 Å². The summed E-state index contributed by atoms with van der Waals surface area (Å²) in [6, 6.07) is 27.3. The Morgan fingerprint density at radius 1 is 0.889 bits per heavy atom. The van der Waals surface area contributed by atoms with E-state index in [0.717, 1.165) is 24.1 Å². The van der Waals surface area contributed by atoms with Crippen molar-refractivity contribution < 1.29 is 4.79 Å². The predicted octanol–water partition coefficient (Wildman–Crippen LogP) is 4.58. The quantitative estimate of drug-likeness (QED) is 0.687. The zero-order chi connectivity index (χ0) is 18.4. The zero-order valence-electron chi connectivity index (χ0n) is 15.4. The molecule has 2 heterocycles. The van der Waals surface area contributed by atoms with Gasteiger partial charge in [0.1, 0.15) is 6.17 Å². The van der Waals surface area contributed by atoms with Gasteiger partial charge in [0.15, 0.2) is 0 Å². The second-order valence-electron chi connectivity index (χ2n) is 7.50. The van der Waals surface area contributed by atoms with Crippen molar-refractivity contribution >= 4 is 11.6 Å². The van der Waals surface area contributed by atoms with Gasteiger partial charge >= 0.3 is 0 Å². The van der Waals surface area contributed by atoms with Gasteiger partial charge in [-0.2, -0.15) is 0 Å². The molecule has 5 rings (SSSR count). The number of nitrogens with zero attached hydrogens (tertiary/aromatic N) is 2. The van der Waals surface area contributed by atoms with E-state index in [1.165, 1.54) is 16.8 Å². The molecule has 3 nitrogen and oxygen atoms in total. The van der Waals surface area contributed by atoms with Crippen molar-refractivity contribution in [3.63, 3.8) is 0 Å². The standard InChI is InChI=1S/C24H22N2O/c1-17-11-13-19(14-12-17)25-16-20(15-18-7-3-2-4-8-18)26-23(25)21-9-5-6-10-22(21)24(26)27/h2-14,20,23H,15-16H2,1H3/t20-,23-/m0/s1. The van der Waals surface area contributed by atoms with Crippen LogP contribution in [0.15, 0.2) is 78.9 Å². The molecule has 2 atom stereocenters. The minimum atomic E-state index is -0.00915. The number of hydrogen-bond donors (Lipinski definition) is 0. The van der Waals surface area contributed by atoms with Crippen LogP contribution >= 0.6 is 0 Å². The molecule has 3 aromatic carbocycles. The Morgan fingerprint density at radius 2 is 1.59 bits per heavy atom. The number of rotatable bonds is 3. The summed E-state index contributed by atoms with van der Waals surface area (Å²) in [5.74, 6) is 0.158. The summed E-state index contributed by atoms with van der Waals surface area (Å²) in [7, 11) is 0. The van der Waals surface area contributed by atoms with E-state index in [1.54, 1.807) is 0 Å². The molecule has 2 aliphatic heterocycles. The average molecular weight is 354 g/mol. The highest BCUT2D eigenvalue weighted by Crippen LogP contribution is 2.45. The van der Waals surface area contributed by atoms with E-state index < -0.39 is 0 Å². The van der Waals surface area contributed by atoms with Gasteiger partial charge in [-0.3, -0.25) is 4.79 Å². The number of fused-ring (bicyclic) bond motifs is 3. The molecular formula is C24H22N2O. The fourth-order valence-corrected chi connectivity index (χ4v) is 4.45. The molecule has 27 heavy (non-hydrogen) atoms. The van der Waals surface area contributed by atoms with Gasteiger partial charge < -0.3 is 9.80 Å². The molecule has 3 heteroatoms. The summed E-state index contributed by atoms with van der Waals surface area (Å²) in [6.07, 6.45) is 0.865. The summed E-state index contributed by atoms with van der Waals surface area (Å²) in [5.41, 5.74) is 5.67. The van der Waals surface area contributed by atoms with Gasteiger partial charge in [0.05, 0.1) is 6.04 Å². The van der Waals surface area contributed by atoms with Crippen LogP contribution in [0.1, 0.15) is 33.2 Å². The van der Waals surface area contributed by atoms with Gasteiger partial charge in [0, 0.05) is 23.4 Å². The van der Waals surface area contributed by atoms with E-state index in [4.69, 9.17) is 0 Å². The first-order valence-corrected chi connectivity index (χ1v) is 9.51. The molecule has 0 aromatic heterocycles. The molecule has 1 amide bonds. The fraction of sp³-hybridized carbons (Fsp3) is 0.208. The number of hydrogen-bond acceptors (Lipinski definition) is 2. The first kappa shape index (κ1) is 16.1. The fourth-order valence-electron chi connectivity index (χ4n) is 4.45. The molecule has 1 saturated heterocycles. The SMILES string of the molecule is Cc1ccc(N2C[C@H](Cc3ccccc3)N3C(=O)c4ccccc4[C@@H]23)cc1. The van der Waals surface area contributed by atoms with Gasteiger partial charge in [-0.05, 0) is 37.1 Å². The van der Waals surface area contributed by atoms with E-state index in [0.29, 0.717) is 0 Å². The van der Waals surface area contributed by atoms with Crippen LogP contribution in [0.5, 0.6) is 0 Å². The summed E-state index contributed by atoms with van der Waals surface area (Å²) in [5, 5.41) is 0. The highest BCUT2D eigenvalue weighted by atomic mass is 16.2. The van der Waals surface area contributed by atoms with E-state index in [2.05, 4.69) is 71.3 Å². The van der Waals surface area contributed by atoms with Gasteiger partial charge in [-0.15, -0.1) is 0 Å². The van der Waals surface area contributed by atoms with E-state index in [9.17, 15) is 4.79 Å². The lowest BCUT2D eigenvalue weighted by molar-refractivity contribution is 0.0715. The van der Waals surface area contributed by atoms with Crippen LogP contribution < -0.4 is 4.90 Å². The average Bonchev–Trinajstić information content (AvgIpc) is 3.21.